The molecule has 0 fully saturated rings. The molecule has 5 nitrogen and oxygen atoms in total. The molecule has 2 aromatic heterocycles. The largest absolute Gasteiger partial charge is 0.496 e. The Hall–Kier alpha value is -3.54. The Labute approximate surface area is 179 Å². The zero-order valence-corrected chi connectivity index (χ0v) is 17.3. The molecular weight excluding hydrogens is 395 g/mol. The highest BCUT2D eigenvalue weighted by atomic mass is 19.1. The average Bonchev–Trinajstić information content (AvgIpc) is 3.23. The summed E-state index contributed by atoms with van der Waals surface area (Å²) in [4.78, 5) is 21.0. The number of aryl methyl sites for hydroxylation is 1. The third kappa shape index (κ3) is 4.97. The van der Waals surface area contributed by atoms with Gasteiger partial charge in [-0.05, 0) is 43.0 Å². The van der Waals surface area contributed by atoms with Crippen LogP contribution in [0.15, 0.2) is 65.2 Å². The second kappa shape index (κ2) is 9.51. The molecule has 0 spiro atoms. The van der Waals surface area contributed by atoms with Crippen LogP contribution in [0, 0.1) is 5.82 Å². The number of aromatic nitrogens is 2. The lowest BCUT2D eigenvalue weighted by Gasteiger charge is -2.07. The summed E-state index contributed by atoms with van der Waals surface area (Å²) in [6, 6.07) is 16.4. The monoisotopic (exact) mass is 418 g/mol. The third-order valence-electron chi connectivity index (χ3n) is 5.17. The van der Waals surface area contributed by atoms with Crippen LogP contribution in [0.25, 0.3) is 22.4 Å². The molecule has 0 N–H and O–H groups in total. The molecule has 0 aliphatic rings. The minimum absolute atomic E-state index is 0.0776. The summed E-state index contributed by atoms with van der Waals surface area (Å²) < 4.78 is 24.4. The van der Waals surface area contributed by atoms with Gasteiger partial charge >= 0.3 is 0 Å². The van der Waals surface area contributed by atoms with E-state index >= 15 is 0 Å². The molecule has 6 heteroatoms. The van der Waals surface area contributed by atoms with Gasteiger partial charge in [-0.2, -0.15) is 4.98 Å². The molecule has 0 aliphatic heterocycles. The van der Waals surface area contributed by atoms with Gasteiger partial charge in [0.25, 0.3) is 5.89 Å². The molecular formula is C25H23FN2O3. The van der Waals surface area contributed by atoms with Crippen molar-refractivity contribution in [2.75, 3.05) is 7.11 Å². The normalized spacial score (nSPS) is 11.0. The fourth-order valence-corrected chi connectivity index (χ4v) is 3.53. The number of rotatable bonds is 9. The molecule has 0 radical (unpaired) electrons. The number of carbonyl (C=O) groups is 1. The van der Waals surface area contributed by atoms with Crippen LogP contribution in [-0.2, 0) is 6.42 Å². The Balaban J connectivity index is 1.39. The van der Waals surface area contributed by atoms with E-state index in [2.05, 4.69) is 22.1 Å². The van der Waals surface area contributed by atoms with E-state index in [0.29, 0.717) is 34.5 Å². The van der Waals surface area contributed by atoms with E-state index in [4.69, 9.17) is 9.15 Å². The van der Waals surface area contributed by atoms with Gasteiger partial charge in [-0.3, -0.25) is 4.79 Å². The van der Waals surface area contributed by atoms with Crippen LogP contribution in [0.1, 0.15) is 41.9 Å². The number of carbonyl (C=O) groups excluding carboxylic acids is 1. The Morgan fingerprint density at radius 3 is 2.71 bits per heavy atom. The van der Waals surface area contributed by atoms with E-state index in [0.717, 1.165) is 25.7 Å². The maximum Gasteiger partial charge on any atom is 0.265 e. The van der Waals surface area contributed by atoms with Crippen molar-refractivity contribution in [2.45, 2.75) is 32.1 Å². The van der Waals surface area contributed by atoms with E-state index < -0.39 is 0 Å². The predicted molar refractivity (Wildman–Crippen MR) is 117 cm³/mol. The zero-order valence-electron chi connectivity index (χ0n) is 17.3. The van der Waals surface area contributed by atoms with Crippen molar-refractivity contribution in [2.24, 2.45) is 0 Å². The van der Waals surface area contributed by atoms with Crippen molar-refractivity contribution in [3.8, 4) is 16.9 Å². The quantitative estimate of drug-likeness (QED) is 0.245. The standard InChI is InChI=1S/C25H23FN2O3/c1-30-22-15-19(26)12-13-20(22)18-14-23-24(27-16-18)28-25(31-23)21(29)11-7-3-6-10-17-8-4-2-5-9-17/h2,4-5,8-9,12-16H,3,6-7,10-11H2,1H3. The van der Waals surface area contributed by atoms with Gasteiger partial charge in [0.2, 0.25) is 5.78 Å². The van der Waals surface area contributed by atoms with E-state index in [1.165, 1.54) is 24.8 Å². The topological polar surface area (TPSA) is 65.2 Å². The van der Waals surface area contributed by atoms with Crippen molar-refractivity contribution in [3.05, 3.63) is 78.1 Å². The Morgan fingerprint density at radius 1 is 1.06 bits per heavy atom. The summed E-state index contributed by atoms with van der Waals surface area (Å²) in [5.74, 6) is -0.0363. The molecule has 2 aromatic carbocycles. The number of benzene rings is 2. The number of Topliss-reactive ketones (excluding diaryl/α,β-unsaturated/α-hetero) is 1. The summed E-state index contributed by atoms with van der Waals surface area (Å²) in [5, 5.41) is 0. The molecule has 0 aliphatic carbocycles. The highest BCUT2D eigenvalue weighted by Gasteiger charge is 2.16. The number of pyridine rings is 1. The van der Waals surface area contributed by atoms with Gasteiger partial charge < -0.3 is 9.15 Å². The smallest absolute Gasteiger partial charge is 0.265 e. The van der Waals surface area contributed by atoms with Gasteiger partial charge in [0.15, 0.2) is 11.2 Å². The lowest BCUT2D eigenvalue weighted by Crippen LogP contribution is -1.99. The zero-order chi connectivity index (χ0) is 21.6. The van der Waals surface area contributed by atoms with Crippen molar-refractivity contribution in [3.63, 3.8) is 0 Å². The van der Waals surface area contributed by atoms with Crippen molar-refractivity contribution in [1.82, 2.24) is 9.97 Å². The van der Waals surface area contributed by atoms with Crippen LogP contribution in [0.5, 0.6) is 5.75 Å². The number of methoxy groups -OCH3 is 1. The number of halogens is 1. The average molecular weight is 418 g/mol. The highest BCUT2D eigenvalue weighted by Crippen LogP contribution is 2.32. The number of ether oxygens (including phenoxy) is 1. The van der Waals surface area contributed by atoms with E-state index in [1.807, 2.05) is 18.2 Å². The first-order valence-corrected chi connectivity index (χ1v) is 10.3. The number of nitrogens with zero attached hydrogens (tertiary/aromatic N) is 2. The molecule has 0 amide bonds. The summed E-state index contributed by atoms with van der Waals surface area (Å²) in [5.41, 5.74) is 3.47. The van der Waals surface area contributed by atoms with Crippen LogP contribution in [-0.4, -0.2) is 22.9 Å². The first kappa shape index (κ1) is 20.7. The Bertz CT molecular complexity index is 1190. The summed E-state index contributed by atoms with van der Waals surface area (Å²) >= 11 is 0. The first-order valence-electron chi connectivity index (χ1n) is 10.3. The molecule has 31 heavy (non-hydrogen) atoms. The molecule has 4 rings (SSSR count). The molecule has 4 aromatic rings. The SMILES string of the molecule is COc1cc(F)ccc1-c1cnc2nc(C(=O)CCCCCc3ccccc3)oc2c1. The van der Waals surface area contributed by atoms with E-state index in [9.17, 15) is 9.18 Å². The van der Waals surface area contributed by atoms with Crippen molar-refractivity contribution < 1.29 is 18.3 Å². The van der Waals surface area contributed by atoms with E-state index in [1.54, 1.807) is 18.3 Å². The summed E-state index contributed by atoms with van der Waals surface area (Å²) in [6.45, 7) is 0. The molecule has 0 saturated carbocycles. The van der Waals surface area contributed by atoms with Crippen LogP contribution >= 0.6 is 0 Å². The fourth-order valence-electron chi connectivity index (χ4n) is 3.53. The number of ketones is 1. The summed E-state index contributed by atoms with van der Waals surface area (Å²) in [7, 11) is 1.48. The Kier molecular flexibility index (Phi) is 6.36. The van der Waals surface area contributed by atoms with Crippen LogP contribution in [0.3, 0.4) is 0 Å². The molecule has 2 heterocycles. The number of fused-ring (bicyclic) bond motifs is 1. The maximum atomic E-state index is 13.5. The number of hydrogen-bond acceptors (Lipinski definition) is 5. The van der Waals surface area contributed by atoms with Crippen molar-refractivity contribution >= 4 is 17.0 Å². The molecule has 158 valence electrons. The van der Waals surface area contributed by atoms with Gasteiger partial charge in [0.05, 0.1) is 7.11 Å². The number of oxazole rings is 1. The van der Waals surface area contributed by atoms with Crippen LogP contribution in [0.4, 0.5) is 4.39 Å². The van der Waals surface area contributed by atoms with E-state index in [-0.39, 0.29) is 17.5 Å². The van der Waals surface area contributed by atoms with Crippen molar-refractivity contribution in [1.29, 1.82) is 0 Å². The van der Waals surface area contributed by atoms with Gasteiger partial charge in [0, 0.05) is 29.8 Å². The van der Waals surface area contributed by atoms with Crippen LogP contribution in [0.2, 0.25) is 0 Å². The number of hydrogen-bond donors (Lipinski definition) is 0. The van der Waals surface area contributed by atoms with Gasteiger partial charge in [-0.1, -0.05) is 36.8 Å². The first-order chi connectivity index (χ1) is 15.1. The lowest BCUT2D eigenvalue weighted by atomic mass is 10.1. The van der Waals surface area contributed by atoms with Crippen LogP contribution < -0.4 is 4.74 Å². The number of unbranched alkanes of at least 4 members (excludes halogenated alkanes) is 2. The van der Waals surface area contributed by atoms with Gasteiger partial charge in [-0.15, -0.1) is 0 Å². The molecule has 0 atom stereocenters. The predicted octanol–water partition coefficient (Wildman–Crippen LogP) is 6.02. The van der Waals surface area contributed by atoms with Gasteiger partial charge in [0.1, 0.15) is 11.6 Å². The van der Waals surface area contributed by atoms with Gasteiger partial charge in [-0.25, -0.2) is 9.37 Å². The second-order valence-corrected chi connectivity index (χ2v) is 7.38. The molecule has 0 saturated heterocycles. The second-order valence-electron chi connectivity index (χ2n) is 7.38. The Morgan fingerprint density at radius 2 is 1.90 bits per heavy atom. The third-order valence-corrected chi connectivity index (χ3v) is 5.17. The minimum Gasteiger partial charge on any atom is -0.496 e. The highest BCUT2D eigenvalue weighted by molar-refractivity contribution is 5.94. The minimum atomic E-state index is -0.383. The lowest BCUT2D eigenvalue weighted by molar-refractivity contribution is 0.0947. The fraction of sp³-hybridized carbons (Fsp3) is 0.240. The molecule has 0 unspecified atom stereocenters. The maximum absolute atomic E-state index is 13.5. The summed E-state index contributed by atoms with van der Waals surface area (Å²) in [6.07, 6.45) is 5.80. The molecule has 0 bridgehead atoms.